The first-order valence-corrected chi connectivity index (χ1v) is 11.9. The first kappa shape index (κ1) is 24.5. The highest BCUT2D eigenvalue weighted by molar-refractivity contribution is 5.98. The van der Waals surface area contributed by atoms with Gasteiger partial charge in [-0.2, -0.15) is 0 Å². The van der Waals surface area contributed by atoms with Crippen molar-refractivity contribution >= 4 is 17.7 Å². The molecular formula is C26H30FN3O5. The summed E-state index contributed by atoms with van der Waals surface area (Å²) in [7, 11) is 0. The molecule has 0 aliphatic carbocycles. The molecule has 2 aliphatic rings. The summed E-state index contributed by atoms with van der Waals surface area (Å²) >= 11 is 0. The van der Waals surface area contributed by atoms with Crippen molar-refractivity contribution in [2.75, 3.05) is 33.0 Å². The summed E-state index contributed by atoms with van der Waals surface area (Å²) < 4.78 is 23.9. The van der Waals surface area contributed by atoms with E-state index in [1.807, 2.05) is 13.8 Å². The normalized spacial score (nSPS) is 16.0. The second-order valence-corrected chi connectivity index (χ2v) is 8.67. The molecule has 2 aliphatic heterocycles. The molecule has 2 aromatic carbocycles. The lowest BCUT2D eigenvalue weighted by molar-refractivity contribution is -0.134. The van der Waals surface area contributed by atoms with Gasteiger partial charge >= 0.3 is 0 Å². The number of likely N-dealkylation sites (N-methyl/N-ethyl adjacent to an activating group) is 1. The van der Waals surface area contributed by atoms with Crippen molar-refractivity contribution in [3.8, 4) is 11.5 Å². The summed E-state index contributed by atoms with van der Waals surface area (Å²) in [6.45, 7) is 5.88. The van der Waals surface area contributed by atoms with Crippen LogP contribution in [0.15, 0.2) is 42.5 Å². The monoisotopic (exact) mass is 483 g/mol. The zero-order chi connectivity index (χ0) is 24.9. The van der Waals surface area contributed by atoms with E-state index in [4.69, 9.17) is 9.47 Å². The third-order valence-electron chi connectivity index (χ3n) is 6.65. The van der Waals surface area contributed by atoms with Crippen molar-refractivity contribution in [3.05, 3.63) is 59.4 Å². The Morgan fingerprint density at radius 1 is 1.00 bits per heavy atom. The Labute approximate surface area is 204 Å². The van der Waals surface area contributed by atoms with E-state index in [9.17, 15) is 18.8 Å². The van der Waals surface area contributed by atoms with Crippen LogP contribution in [0, 0.1) is 11.7 Å². The molecular weight excluding hydrogens is 453 g/mol. The van der Waals surface area contributed by atoms with Crippen LogP contribution in [0.1, 0.15) is 47.4 Å². The minimum atomic E-state index is -0.712. The van der Waals surface area contributed by atoms with E-state index in [-0.39, 0.29) is 30.4 Å². The Balaban J connectivity index is 1.47. The number of ether oxygens (including phenoxy) is 2. The van der Waals surface area contributed by atoms with Crippen LogP contribution in [0.3, 0.4) is 0 Å². The molecule has 1 saturated heterocycles. The Kier molecular flexibility index (Phi) is 7.53. The van der Waals surface area contributed by atoms with Gasteiger partial charge in [0.15, 0.2) is 11.5 Å². The van der Waals surface area contributed by atoms with Gasteiger partial charge in [-0.15, -0.1) is 0 Å². The number of nitrogens with one attached hydrogen (secondary N) is 1. The van der Waals surface area contributed by atoms with Gasteiger partial charge in [0, 0.05) is 37.3 Å². The predicted octanol–water partition coefficient (Wildman–Crippen LogP) is 3.07. The average Bonchev–Trinajstić information content (AvgIpc) is 3.36. The number of hydrogen-bond donors (Lipinski definition) is 1. The first-order chi connectivity index (χ1) is 16.9. The van der Waals surface area contributed by atoms with Crippen LogP contribution in [-0.4, -0.2) is 66.5 Å². The molecule has 0 aromatic heterocycles. The minimum absolute atomic E-state index is 0.110. The van der Waals surface area contributed by atoms with Crippen molar-refractivity contribution in [2.45, 2.75) is 32.7 Å². The predicted molar refractivity (Wildman–Crippen MR) is 127 cm³/mol. The number of nitrogens with zero attached hydrogens (tertiary/aromatic N) is 2. The van der Waals surface area contributed by atoms with Gasteiger partial charge in [0.05, 0.1) is 0 Å². The molecule has 1 N–H and O–H groups in total. The fourth-order valence-corrected chi connectivity index (χ4v) is 4.59. The SMILES string of the molecule is CCN(CC)C(=O)[C@@H](NC(=O)c1ccc2c(c1)OCO2)C1CCN(C(=O)c2ccc(F)cc2)CC1. The van der Waals surface area contributed by atoms with E-state index in [2.05, 4.69) is 5.32 Å². The summed E-state index contributed by atoms with van der Waals surface area (Å²) in [6, 6.07) is 9.71. The van der Waals surface area contributed by atoms with Crippen LogP contribution in [0.5, 0.6) is 11.5 Å². The van der Waals surface area contributed by atoms with E-state index in [0.717, 1.165) is 0 Å². The number of likely N-dealkylation sites (tertiary alicyclic amines) is 1. The Morgan fingerprint density at radius 2 is 1.63 bits per heavy atom. The Hall–Kier alpha value is -3.62. The van der Waals surface area contributed by atoms with Crippen molar-refractivity contribution in [3.63, 3.8) is 0 Å². The van der Waals surface area contributed by atoms with Crippen molar-refractivity contribution in [1.29, 1.82) is 0 Å². The minimum Gasteiger partial charge on any atom is -0.454 e. The van der Waals surface area contributed by atoms with E-state index >= 15 is 0 Å². The molecule has 1 atom stereocenters. The third kappa shape index (κ3) is 5.39. The second-order valence-electron chi connectivity index (χ2n) is 8.67. The van der Waals surface area contributed by atoms with Crippen molar-refractivity contribution in [2.24, 2.45) is 5.92 Å². The first-order valence-electron chi connectivity index (χ1n) is 11.9. The van der Waals surface area contributed by atoms with Crippen LogP contribution in [-0.2, 0) is 4.79 Å². The van der Waals surface area contributed by atoms with Crippen LogP contribution in [0.25, 0.3) is 0 Å². The molecule has 2 heterocycles. The number of carbonyl (C=O) groups excluding carboxylic acids is 3. The molecule has 2 aromatic rings. The van der Waals surface area contributed by atoms with Gasteiger partial charge in [0.25, 0.3) is 11.8 Å². The van der Waals surface area contributed by atoms with Crippen LogP contribution in [0.2, 0.25) is 0 Å². The number of halogens is 1. The molecule has 4 rings (SSSR count). The zero-order valence-electron chi connectivity index (χ0n) is 20.0. The van der Waals surface area contributed by atoms with Gasteiger partial charge in [-0.1, -0.05) is 0 Å². The van der Waals surface area contributed by atoms with Gasteiger partial charge < -0.3 is 24.6 Å². The lowest BCUT2D eigenvalue weighted by Gasteiger charge is -2.37. The van der Waals surface area contributed by atoms with E-state index in [0.29, 0.717) is 61.6 Å². The summed E-state index contributed by atoms with van der Waals surface area (Å²) in [6.07, 6.45) is 1.12. The van der Waals surface area contributed by atoms with E-state index in [1.54, 1.807) is 28.0 Å². The van der Waals surface area contributed by atoms with Crippen LogP contribution in [0.4, 0.5) is 4.39 Å². The number of piperidine rings is 1. The summed E-state index contributed by atoms with van der Waals surface area (Å²) in [4.78, 5) is 42.7. The number of carbonyl (C=O) groups is 3. The summed E-state index contributed by atoms with van der Waals surface area (Å²) in [5, 5.41) is 2.95. The van der Waals surface area contributed by atoms with Gasteiger partial charge in [-0.25, -0.2) is 4.39 Å². The smallest absolute Gasteiger partial charge is 0.253 e. The van der Waals surface area contributed by atoms with Crippen molar-refractivity contribution < 1.29 is 28.2 Å². The molecule has 0 saturated carbocycles. The number of fused-ring (bicyclic) bond motifs is 1. The third-order valence-corrected chi connectivity index (χ3v) is 6.65. The van der Waals surface area contributed by atoms with E-state index in [1.165, 1.54) is 24.3 Å². The fourth-order valence-electron chi connectivity index (χ4n) is 4.59. The van der Waals surface area contributed by atoms with Gasteiger partial charge in [-0.05, 0) is 75.1 Å². The van der Waals surface area contributed by atoms with Crippen LogP contribution >= 0.6 is 0 Å². The standard InChI is InChI=1S/C26H30FN3O5/c1-3-29(4-2)26(33)23(28-24(31)19-7-10-21-22(15-19)35-16-34-21)17-11-13-30(14-12-17)25(32)18-5-8-20(27)9-6-18/h5-10,15,17,23H,3-4,11-14,16H2,1-2H3,(H,28,31)/t23-/m0/s1. The number of benzene rings is 2. The molecule has 0 radical (unpaired) electrons. The van der Waals surface area contributed by atoms with Crippen molar-refractivity contribution in [1.82, 2.24) is 15.1 Å². The van der Waals surface area contributed by atoms with Gasteiger partial charge in [0.1, 0.15) is 11.9 Å². The Morgan fingerprint density at radius 3 is 2.29 bits per heavy atom. The Bertz CT molecular complexity index is 1080. The summed E-state index contributed by atoms with van der Waals surface area (Å²) in [5.41, 5.74) is 0.812. The van der Waals surface area contributed by atoms with Crippen LogP contribution < -0.4 is 14.8 Å². The molecule has 8 nitrogen and oxygen atoms in total. The highest BCUT2D eigenvalue weighted by atomic mass is 19.1. The van der Waals surface area contributed by atoms with E-state index < -0.39 is 11.9 Å². The highest BCUT2D eigenvalue weighted by Crippen LogP contribution is 2.32. The fraction of sp³-hybridized carbons (Fsp3) is 0.423. The number of rotatable bonds is 7. The average molecular weight is 484 g/mol. The molecule has 9 heteroatoms. The zero-order valence-corrected chi connectivity index (χ0v) is 20.0. The molecule has 35 heavy (non-hydrogen) atoms. The maximum Gasteiger partial charge on any atom is 0.253 e. The summed E-state index contributed by atoms with van der Waals surface area (Å²) in [5.74, 6) is -0.104. The molecule has 1 fully saturated rings. The highest BCUT2D eigenvalue weighted by Gasteiger charge is 2.36. The molecule has 0 bridgehead atoms. The lowest BCUT2D eigenvalue weighted by atomic mass is 9.87. The maximum absolute atomic E-state index is 13.4. The number of amides is 3. The largest absolute Gasteiger partial charge is 0.454 e. The second kappa shape index (κ2) is 10.8. The van der Waals surface area contributed by atoms with Gasteiger partial charge in [-0.3, -0.25) is 14.4 Å². The maximum atomic E-state index is 13.4. The molecule has 0 unspecified atom stereocenters. The molecule has 186 valence electrons. The molecule has 0 spiro atoms. The van der Waals surface area contributed by atoms with Gasteiger partial charge in [0.2, 0.25) is 12.7 Å². The quantitative estimate of drug-likeness (QED) is 0.654. The topological polar surface area (TPSA) is 88.2 Å². The molecule has 3 amide bonds. The number of hydrogen-bond acceptors (Lipinski definition) is 5. The lowest BCUT2D eigenvalue weighted by Crippen LogP contribution is -2.54.